The first kappa shape index (κ1) is 17.2. The molecule has 0 saturated carbocycles. The molecule has 0 N–H and O–H groups in total. The molecular formula is C18H19ClN4O2. The van der Waals surface area contributed by atoms with Crippen LogP contribution in [-0.2, 0) is 11.3 Å². The Bertz CT molecular complexity index is 989. The van der Waals surface area contributed by atoms with Gasteiger partial charge in [-0.1, -0.05) is 23.7 Å². The van der Waals surface area contributed by atoms with Gasteiger partial charge < -0.3 is 9.47 Å². The fourth-order valence-electron chi connectivity index (χ4n) is 2.59. The number of halogens is 1. The van der Waals surface area contributed by atoms with Crippen molar-refractivity contribution in [3.8, 4) is 11.3 Å². The van der Waals surface area contributed by atoms with Gasteiger partial charge >= 0.3 is 0 Å². The summed E-state index contributed by atoms with van der Waals surface area (Å²) in [6, 6.07) is 8.76. The van der Waals surface area contributed by atoms with Crippen LogP contribution in [0, 0.1) is 6.92 Å². The Morgan fingerprint density at radius 3 is 2.60 bits per heavy atom. The van der Waals surface area contributed by atoms with Crippen LogP contribution >= 0.6 is 11.6 Å². The van der Waals surface area contributed by atoms with Crippen molar-refractivity contribution in [3.05, 3.63) is 57.6 Å². The van der Waals surface area contributed by atoms with Gasteiger partial charge in [0, 0.05) is 42.1 Å². The molecular weight excluding hydrogens is 340 g/mol. The molecule has 1 aromatic carbocycles. The minimum absolute atomic E-state index is 0.0350. The number of amides is 1. The highest BCUT2D eigenvalue weighted by molar-refractivity contribution is 6.30. The molecule has 0 aliphatic heterocycles. The molecule has 0 aliphatic rings. The number of carbonyl (C=O) groups is 1. The number of aryl methyl sites for hydroxylation is 1. The van der Waals surface area contributed by atoms with Crippen molar-refractivity contribution in [2.75, 3.05) is 13.6 Å². The molecule has 3 rings (SSSR count). The standard InChI is InChI=1S/C18H19ClN4O2/c1-4-21(3)17(25)11-22-12(2)9-16(24)23-10-15(20-18(22)23)13-5-7-14(19)8-6-13/h5-10H,4,11H2,1-3H3. The predicted molar refractivity (Wildman–Crippen MR) is 97.9 cm³/mol. The summed E-state index contributed by atoms with van der Waals surface area (Å²) in [6.45, 7) is 4.48. The van der Waals surface area contributed by atoms with Gasteiger partial charge in [0.15, 0.2) is 0 Å². The summed E-state index contributed by atoms with van der Waals surface area (Å²) in [5.74, 6) is 0.417. The minimum Gasteiger partial charge on any atom is -0.344 e. The van der Waals surface area contributed by atoms with E-state index in [0.29, 0.717) is 28.7 Å². The van der Waals surface area contributed by atoms with Gasteiger partial charge in [0.1, 0.15) is 6.54 Å². The Labute approximate surface area is 150 Å². The Morgan fingerprint density at radius 1 is 1.28 bits per heavy atom. The lowest BCUT2D eigenvalue weighted by molar-refractivity contribution is -0.130. The maximum atomic E-state index is 12.3. The van der Waals surface area contributed by atoms with Crippen molar-refractivity contribution in [1.82, 2.24) is 18.9 Å². The summed E-state index contributed by atoms with van der Waals surface area (Å²) >= 11 is 5.93. The van der Waals surface area contributed by atoms with Gasteiger partial charge in [-0.3, -0.25) is 14.0 Å². The largest absolute Gasteiger partial charge is 0.344 e. The SMILES string of the molecule is CCN(C)C(=O)Cn1c(C)cc(=O)n2cc(-c3ccc(Cl)cc3)nc12. The highest BCUT2D eigenvalue weighted by Crippen LogP contribution is 2.21. The van der Waals surface area contributed by atoms with Gasteiger partial charge in [0.2, 0.25) is 11.7 Å². The van der Waals surface area contributed by atoms with E-state index in [0.717, 1.165) is 5.56 Å². The molecule has 2 heterocycles. The molecule has 0 unspecified atom stereocenters. The Hall–Kier alpha value is -2.60. The highest BCUT2D eigenvalue weighted by Gasteiger charge is 2.15. The molecule has 130 valence electrons. The molecule has 0 radical (unpaired) electrons. The van der Waals surface area contributed by atoms with Crippen molar-refractivity contribution < 1.29 is 4.79 Å². The first-order chi connectivity index (χ1) is 11.9. The number of rotatable bonds is 4. The average Bonchev–Trinajstić information content (AvgIpc) is 3.04. The summed E-state index contributed by atoms with van der Waals surface area (Å²) in [7, 11) is 1.75. The molecule has 0 atom stereocenters. The minimum atomic E-state index is -0.173. The first-order valence-electron chi connectivity index (χ1n) is 8.00. The zero-order chi connectivity index (χ0) is 18.1. The lowest BCUT2D eigenvalue weighted by atomic mass is 10.2. The third kappa shape index (κ3) is 3.30. The fourth-order valence-corrected chi connectivity index (χ4v) is 2.72. The van der Waals surface area contributed by atoms with E-state index in [2.05, 4.69) is 4.98 Å². The van der Waals surface area contributed by atoms with Crippen LogP contribution in [0.1, 0.15) is 12.6 Å². The number of nitrogens with zero attached hydrogens (tertiary/aromatic N) is 4. The van der Waals surface area contributed by atoms with Crippen molar-refractivity contribution in [3.63, 3.8) is 0 Å². The van der Waals surface area contributed by atoms with Crippen LogP contribution in [0.3, 0.4) is 0 Å². The van der Waals surface area contributed by atoms with Crippen LogP contribution in [0.4, 0.5) is 0 Å². The number of carbonyl (C=O) groups excluding carboxylic acids is 1. The second-order valence-corrected chi connectivity index (χ2v) is 6.36. The molecule has 0 saturated heterocycles. The molecule has 0 bridgehead atoms. The van der Waals surface area contributed by atoms with Gasteiger partial charge in [-0.05, 0) is 26.0 Å². The van der Waals surface area contributed by atoms with E-state index in [1.807, 2.05) is 19.1 Å². The van der Waals surface area contributed by atoms with Crippen molar-refractivity contribution in [2.45, 2.75) is 20.4 Å². The molecule has 7 heteroatoms. The first-order valence-corrected chi connectivity index (χ1v) is 8.38. The number of likely N-dealkylation sites (N-methyl/N-ethyl adjacent to an activating group) is 1. The zero-order valence-corrected chi connectivity index (χ0v) is 15.1. The quantitative estimate of drug-likeness (QED) is 0.720. The summed E-state index contributed by atoms with van der Waals surface area (Å²) in [5, 5.41) is 0.635. The van der Waals surface area contributed by atoms with E-state index in [9.17, 15) is 9.59 Å². The second-order valence-electron chi connectivity index (χ2n) is 5.92. The molecule has 6 nitrogen and oxygen atoms in total. The molecule has 0 aliphatic carbocycles. The van der Waals surface area contributed by atoms with Crippen LogP contribution in [0.2, 0.25) is 5.02 Å². The number of fused-ring (bicyclic) bond motifs is 1. The summed E-state index contributed by atoms with van der Waals surface area (Å²) < 4.78 is 3.23. The normalized spacial score (nSPS) is 11.0. The number of aromatic nitrogens is 3. The average molecular weight is 359 g/mol. The second kappa shape index (κ2) is 6.72. The molecule has 0 spiro atoms. The van der Waals surface area contributed by atoms with Gasteiger partial charge in [-0.25, -0.2) is 4.98 Å². The number of hydrogen-bond donors (Lipinski definition) is 0. The van der Waals surface area contributed by atoms with Gasteiger partial charge in [-0.15, -0.1) is 0 Å². The van der Waals surface area contributed by atoms with Crippen molar-refractivity contribution >= 4 is 23.3 Å². The fraction of sp³-hybridized carbons (Fsp3) is 0.278. The molecule has 2 aromatic heterocycles. The van der Waals surface area contributed by atoms with Crippen LogP contribution in [0.15, 0.2) is 41.3 Å². The van der Waals surface area contributed by atoms with Crippen molar-refractivity contribution in [2.24, 2.45) is 0 Å². The predicted octanol–water partition coefficient (Wildman–Crippen LogP) is 2.60. The summed E-state index contributed by atoms with van der Waals surface area (Å²) in [5.41, 5.74) is 2.04. The lowest BCUT2D eigenvalue weighted by Gasteiger charge is -2.17. The third-order valence-corrected chi connectivity index (χ3v) is 4.51. The van der Waals surface area contributed by atoms with Gasteiger partial charge in [0.25, 0.3) is 5.56 Å². The number of imidazole rings is 1. The van der Waals surface area contributed by atoms with Gasteiger partial charge in [0.05, 0.1) is 5.69 Å². The molecule has 25 heavy (non-hydrogen) atoms. The lowest BCUT2D eigenvalue weighted by Crippen LogP contribution is -2.31. The van der Waals surface area contributed by atoms with Crippen LogP contribution in [-0.4, -0.2) is 38.4 Å². The molecule has 1 amide bonds. The highest BCUT2D eigenvalue weighted by atomic mass is 35.5. The molecule has 3 aromatic rings. The Balaban J connectivity index is 2.13. The van der Waals surface area contributed by atoms with Crippen LogP contribution < -0.4 is 5.56 Å². The zero-order valence-electron chi connectivity index (χ0n) is 14.4. The third-order valence-electron chi connectivity index (χ3n) is 4.26. The topological polar surface area (TPSA) is 59.6 Å². The van der Waals surface area contributed by atoms with E-state index in [1.165, 1.54) is 10.5 Å². The van der Waals surface area contributed by atoms with Gasteiger partial charge in [-0.2, -0.15) is 0 Å². The monoisotopic (exact) mass is 358 g/mol. The number of hydrogen-bond acceptors (Lipinski definition) is 3. The molecule has 0 fully saturated rings. The van der Waals surface area contributed by atoms with E-state index in [-0.39, 0.29) is 18.0 Å². The Morgan fingerprint density at radius 2 is 1.96 bits per heavy atom. The van der Waals surface area contributed by atoms with Crippen molar-refractivity contribution in [1.29, 1.82) is 0 Å². The van der Waals surface area contributed by atoms with Crippen LogP contribution in [0.25, 0.3) is 17.0 Å². The summed E-state index contributed by atoms with van der Waals surface area (Å²) in [4.78, 5) is 30.9. The summed E-state index contributed by atoms with van der Waals surface area (Å²) in [6.07, 6.45) is 1.69. The maximum Gasteiger partial charge on any atom is 0.259 e. The van der Waals surface area contributed by atoms with E-state index < -0.39 is 0 Å². The maximum absolute atomic E-state index is 12.3. The van der Waals surface area contributed by atoms with E-state index >= 15 is 0 Å². The number of benzene rings is 1. The van der Waals surface area contributed by atoms with Crippen LogP contribution in [0.5, 0.6) is 0 Å². The smallest absolute Gasteiger partial charge is 0.259 e. The van der Waals surface area contributed by atoms with E-state index in [1.54, 1.807) is 41.8 Å². The van der Waals surface area contributed by atoms with E-state index in [4.69, 9.17) is 11.6 Å². The Kier molecular flexibility index (Phi) is 4.63.